The molecule has 0 bridgehead atoms. The van der Waals surface area contributed by atoms with Gasteiger partial charge in [0.1, 0.15) is 0 Å². The van der Waals surface area contributed by atoms with Crippen LogP contribution in [0.15, 0.2) is 36.5 Å². The van der Waals surface area contributed by atoms with E-state index in [1.165, 1.54) is 186 Å². The molecule has 3 N–H and O–H groups in total. The SMILES string of the molecule is CCCCC/C=C/CC/C=C/CC/C=C/C(O)C(CO)NC(=O)CCCCCCCCCCCCCCCCCCCCCCCCCCCCC. The lowest BCUT2D eigenvalue weighted by Gasteiger charge is -2.19. The Morgan fingerprint density at radius 3 is 1.12 bits per heavy atom. The molecule has 0 aromatic heterocycles. The number of rotatable bonds is 42. The fourth-order valence-electron chi connectivity index (χ4n) is 7.03. The highest BCUT2D eigenvalue weighted by Gasteiger charge is 2.17. The number of hydrogen-bond donors (Lipinski definition) is 3. The summed E-state index contributed by atoms with van der Waals surface area (Å²) < 4.78 is 0. The summed E-state index contributed by atoms with van der Waals surface area (Å²) in [6.45, 7) is 4.27. The molecule has 0 aliphatic rings. The van der Waals surface area contributed by atoms with Gasteiger partial charge in [0.15, 0.2) is 0 Å². The molecule has 0 radical (unpaired) electrons. The molecule has 0 aromatic rings. The predicted octanol–water partition coefficient (Wildman–Crippen LogP) is 14.6. The average molecular weight is 730 g/mol. The molecule has 4 nitrogen and oxygen atoms in total. The van der Waals surface area contributed by atoms with E-state index in [1.807, 2.05) is 6.08 Å². The van der Waals surface area contributed by atoms with E-state index in [0.29, 0.717) is 6.42 Å². The molecule has 4 heteroatoms. The number of aliphatic hydroxyl groups is 2. The third-order valence-electron chi connectivity index (χ3n) is 10.6. The van der Waals surface area contributed by atoms with Crippen LogP contribution in [0.3, 0.4) is 0 Å². The van der Waals surface area contributed by atoms with E-state index in [2.05, 4.69) is 43.5 Å². The van der Waals surface area contributed by atoms with E-state index in [4.69, 9.17) is 0 Å². The molecule has 0 saturated carbocycles. The number of aliphatic hydroxyl groups excluding tert-OH is 2. The Hall–Kier alpha value is -1.39. The molecule has 306 valence electrons. The van der Waals surface area contributed by atoms with Crippen LogP contribution in [-0.2, 0) is 4.79 Å². The van der Waals surface area contributed by atoms with Crippen LogP contribution in [0.5, 0.6) is 0 Å². The van der Waals surface area contributed by atoms with Crippen molar-refractivity contribution < 1.29 is 15.0 Å². The first-order chi connectivity index (χ1) is 25.7. The summed E-state index contributed by atoms with van der Waals surface area (Å²) in [5, 5.41) is 22.9. The number of unbranched alkanes of at least 4 members (excludes halogenated alkanes) is 31. The van der Waals surface area contributed by atoms with E-state index in [9.17, 15) is 15.0 Å². The van der Waals surface area contributed by atoms with Gasteiger partial charge in [0, 0.05) is 6.42 Å². The van der Waals surface area contributed by atoms with Crippen molar-refractivity contribution in [1.29, 1.82) is 0 Å². The van der Waals surface area contributed by atoms with Crippen molar-refractivity contribution in [3.05, 3.63) is 36.5 Å². The zero-order chi connectivity index (χ0) is 37.8. The minimum atomic E-state index is -0.866. The number of carbonyl (C=O) groups is 1. The third kappa shape index (κ3) is 39.8. The summed E-state index contributed by atoms with van der Waals surface area (Å²) in [6.07, 6.45) is 58.5. The highest BCUT2D eigenvalue weighted by molar-refractivity contribution is 5.76. The molecule has 52 heavy (non-hydrogen) atoms. The fourth-order valence-corrected chi connectivity index (χ4v) is 7.03. The van der Waals surface area contributed by atoms with Crippen molar-refractivity contribution >= 4 is 5.91 Å². The number of amides is 1. The molecule has 2 atom stereocenters. The summed E-state index contributed by atoms with van der Waals surface area (Å²) in [6, 6.07) is -0.641. The Balaban J connectivity index is 3.49. The van der Waals surface area contributed by atoms with Crippen molar-refractivity contribution in [1.82, 2.24) is 5.32 Å². The highest BCUT2D eigenvalue weighted by atomic mass is 16.3. The molecular formula is C48H91NO3. The molecule has 0 spiro atoms. The number of nitrogens with one attached hydrogen (secondary N) is 1. The minimum absolute atomic E-state index is 0.0755. The highest BCUT2D eigenvalue weighted by Crippen LogP contribution is 2.16. The van der Waals surface area contributed by atoms with Crippen LogP contribution >= 0.6 is 0 Å². The fraction of sp³-hybridized carbons (Fsp3) is 0.854. The minimum Gasteiger partial charge on any atom is -0.394 e. The summed E-state index contributed by atoms with van der Waals surface area (Å²) in [5.74, 6) is -0.0755. The summed E-state index contributed by atoms with van der Waals surface area (Å²) in [7, 11) is 0. The van der Waals surface area contributed by atoms with Crippen LogP contribution in [-0.4, -0.2) is 34.9 Å². The maximum Gasteiger partial charge on any atom is 0.220 e. The summed E-state index contributed by atoms with van der Waals surface area (Å²) in [4.78, 5) is 12.4. The molecule has 2 unspecified atom stereocenters. The van der Waals surface area contributed by atoms with Crippen LogP contribution in [0.4, 0.5) is 0 Å². The Bertz CT molecular complexity index is 790. The van der Waals surface area contributed by atoms with E-state index >= 15 is 0 Å². The Labute approximate surface area is 325 Å². The van der Waals surface area contributed by atoms with Gasteiger partial charge < -0.3 is 15.5 Å². The van der Waals surface area contributed by atoms with Gasteiger partial charge in [0.25, 0.3) is 0 Å². The molecule has 0 fully saturated rings. The molecular weight excluding hydrogens is 639 g/mol. The van der Waals surface area contributed by atoms with Gasteiger partial charge >= 0.3 is 0 Å². The smallest absolute Gasteiger partial charge is 0.220 e. The second-order valence-electron chi connectivity index (χ2n) is 15.8. The molecule has 0 rings (SSSR count). The van der Waals surface area contributed by atoms with E-state index in [-0.39, 0.29) is 12.5 Å². The molecule has 0 aliphatic carbocycles. The quantitative estimate of drug-likeness (QED) is 0.0433. The molecule has 0 aromatic carbocycles. The number of hydrogen-bond acceptors (Lipinski definition) is 3. The lowest BCUT2D eigenvalue weighted by atomic mass is 10.0. The lowest BCUT2D eigenvalue weighted by molar-refractivity contribution is -0.123. The van der Waals surface area contributed by atoms with Crippen LogP contribution in [0.2, 0.25) is 0 Å². The monoisotopic (exact) mass is 730 g/mol. The van der Waals surface area contributed by atoms with Crippen molar-refractivity contribution in [3.8, 4) is 0 Å². The second-order valence-corrected chi connectivity index (χ2v) is 15.8. The van der Waals surface area contributed by atoms with Gasteiger partial charge in [0.2, 0.25) is 5.91 Å². The van der Waals surface area contributed by atoms with Crippen LogP contribution < -0.4 is 5.32 Å². The Morgan fingerprint density at radius 1 is 0.442 bits per heavy atom. The van der Waals surface area contributed by atoms with Gasteiger partial charge in [0.05, 0.1) is 18.8 Å². The number of carbonyl (C=O) groups excluding carboxylic acids is 1. The van der Waals surface area contributed by atoms with Gasteiger partial charge in [-0.3, -0.25) is 4.79 Å². The summed E-state index contributed by atoms with van der Waals surface area (Å²) >= 11 is 0. The maximum atomic E-state index is 12.4. The summed E-state index contributed by atoms with van der Waals surface area (Å²) in [5.41, 5.74) is 0. The largest absolute Gasteiger partial charge is 0.394 e. The molecule has 0 heterocycles. The second kappa shape index (κ2) is 44.0. The van der Waals surface area contributed by atoms with E-state index in [0.717, 1.165) is 38.5 Å². The van der Waals surface area contributed by atoms with Crippen LogP contribution in [0, 0.1) is 0 Å². The number of allylic oxidation sites excluding steroid dienone is 5. The Kier molecular flexibility index (Phi) is 42.8. The van der Waals surface area contributed by atoms with Crippen molar-refractivity contribution in [3.63, 3.8) is 0 Å². The first-order valence-corrected chi connectivity index (χ1v) is 23.2. The third-order valence-corrected chi connectivity index (χ3v) is 10.6. The van der Waals surface area contributed by atoms with Gasteiger partial charge in [-0.15, -0.1) is 0 Å². The zero-order valence-electron chi connectivity index (χ0n) is 35.1. The first-order valence-electron chi connectivity index (χ1n) is 23.2. The molecule has 0 saturated heterocycles. The van der Waals surface area contributed by atoms with Gasteiger partial charge in [-0.25, -0.2) is 0 Å². The maximum absolute atomic E-state index is 12.4. The molecule has 1 amide bonds. The van der Waals surface area contributed by atoms with Gasteiger partial charge in [-0.1, -0.05) is 230 Å². The molecule has 0 aliphatic heterocycles. The van der Waals surface area contributed by atoms with Crippen LogP contribution in [0.1, 0.15) is 245 Å². The van der Waals surface area contributed by atoms with Crippen molar-refractivity contribution in [2.75, 3.05) is 6.61 Å². The van der Waals surface area contributed by atoms with E-state index < -0.39 is 12.1 Å². The standard InChI is InChI=1S/C48H91NO3/c1-3-5-7-9-11-13-15-17-18-19-20-21-22-23-24-25-26-27-28-29-30-32-34-36-38-40-42-44-48(52)49-46(45-50)47(51)43-41-39-37-35-33-31-16-14-12-10-8-6-4-2/h12,14,33,35,41,43,46-47,50-51H,3-11,13,15-32,34,36-40,42,44-45H2,1-2H3,(H,49,52)/b14-12+,35-33+,43-41+. The van der Waals surface area contributed by atoms with E-state index in [1.54, 1.807) is 6.08 Å². The lowest BCUT2D eigenvalue weighted by Crippen LogP contribution is -2.45. The van der Waals surface area contributed by atoms with Crippen LogP contribution in [0.25, 0.3) is 0 Å². The Morgan fingerprint density at radius 2 is 0.750 bits per heavy atom. The zero-order valence-corrected chi connectivity index (χ0v) is 35.1. The topological polar surface area (TPSA) is 69.6 Å². The first kappa shape index (κ1) is 50.6. The van der Waals surface area contributed by atoms with Crippen molar-refractivity contribution in [2.24, 2.45) is 0 Å². The average Bonchev–Trinajstić information content (AvgIpc) is 3.15. The van der Waals surface area contributed by atoms with Gasteiger partial charge in [-0.05, 0) is 44.9 Å². The normalized spacial score (nSPS) is 13.2. The van der Waals surface area contributed by atoms with Crippen molar-refractivity contribution in [2.45, 2.75) is 257 Å². The van der Waals surface area contributed by atoms with Gasteiger partial charge in [-0.2, -0.15) is 0 Å². The predicted molar refractivity (Wildman–Crippen MR) is 230 cm³/mol.